The van der Waals surface area contributed by atoms with Crippen molar-refractivity contribution in [1.82, 2.24) is 15.5 Å². The molecule has 1 aromatic carbocycles. The lowest BCUT2D eigenvalue weighted by atomic mass is 9.89. The molecule has 9 heteroatoms. The lowest BCUT2D eigenvalue weighted by Gasteiger charge is -2.18. The normalized spacial score (nSPS) is 25.7. The molecule has 2 heterocycles. The molecule has 4 amide bonds. The van der Waals surface area contributed by atoms with E-state index in [1.807, 2.05) is 30.3 Å². The average molecular weight is 411 g/mol. The molecule has 0 spiro atoms. The van der Waals surface area contributed by atoms with E-state index in [4.69, 9.17) is 10.5 Å². The highest BCUT2D eigenvalue weighted by Gasteiger charge is 2.58. The van der Waals surface area contributed by atoms with Crippen LogP contribution >= 0.6 is 0 Å². The van der Waals surface area contributed by atoms with Crippen LogP contribution in [0.5, 0.6) is 0 Å². The first-order valence-corrected chi connectivity index (χ1v) is 9.60. The highest BCUT2D eigenvalue weighted by Crippen LogP contribution is 2.41. The van der Waals surface area contributed by atoms with Crippen LogP contribution in [-0.2, 0) is 20.9 Å². The quantitative estimate of drug-likeness (QED) is 0.261. The summed E-state index contributed by atoms with van der Waals surface area (Å²) in [5.74, 6) is -1.93. The average Bonchev–Trinajstić information content (AvgIpc) is 3.24. The number of benzene rings is 1. The molecule has 2 aliphatic rings. The van der Waals surface area contributed by atoms with E-state index in [1.54, 1.807) is 0 Å². The van der Waals surface area contributed by atoms with E-state index in [0.717, 1.165) is 10.5 Å². The third-order valence-corrected chi connectivity index (χ3v) is 5.12. The fourth-order valence-corrected chi connectivity index (χ4v) is 3.69. The predicted molar refractivity (Wildman–Crippen MR) is 111 cm³/mol. The minimum Gasteiger partial charge on any atom is -0.370 e. The van der Waals surface area contributed by atoms with Crippen LogP contribution in [0.15, 0.2) is 60.6 Å². The Morgan fingerprint density at radius 1 is 1.13 bits per heavy atom. The van der Waals surface area contributed by atoms with E-state index in [0.29, 0.717) is 6.54 Å². The Bertz CT molecular complexity index is 837. The monoisotopic (exact) mass is 411 g/mol. The largest absolute Gasteiger partial charge is 0.370 e. The molecule has 3 rings (SSSR count). The van der Waals surface area contributed by atoms with Crippen LogP contribution in [0.25, 0.3) is 0 Å². The zero-order valence-electron chi connectivity index (χ0n) is 16.5. The first kappa shape index (κ1) is 21.3. The molecular weight excluding hydrogens is 386 g/mol. The van der Waals surface area contributed by atoms with Crippen molar-refractivity contribution < 1.29 is 19.1 Å². The van der Waals surface area contributed by atoms with E-state index in [-0.39, 0.29) is 30.9 Å². The summed E-state index contributed by atoms with van der Waals surface area (Å²) < 4.78 is 5.65. The number of rotatable bonds is 7. The number of urea groups is 1. The van der Waals surface area contributed by atoms with Crippen LogP contribution in [0.2, 0.25) is 0 Å². The van der Waals surface area contributed by atoms with Gasteiger partial charge in [0.2, 0.25) is 11.8 Å². The molecule has 0 aliphatic carbocycles. The Morgan fingerprint density at radius 3 is 2.30 bits per heavy atom. The van der Waals surface area contributed by atoms with E-state index in [2.05, 4.69) is 28.8 Å². The van der Waals surface area contributed by atoms with Crippen molar-refractivity contribution in [3.05, 3.63) is 61.2 Å². The third kappa shape index (κ3) is 4.41. The number of hydrogen-bond acceptors (Lipinski definition) is 5. The van der Waals surface area contributed by atoms with Crippen molar-refractivity contribution in [2.45, 2.75) is 18.8 Å². The second kappa shape index (κ2) is 9.36. The number of nitrogens with one attached hydrogen (secondary N) is 2. The fourth-order valence-electron chi connectivity index (χ4n) is 3.69. The number of carbonyl (C=O) groups is 3. The van der Waals surface area contributed by atoms with E-state index >= 15 is 0 Å². The maximum Gasteiger partial charge on any atom is 0.321 e. The van der Waals surface area contributed by atoms with Gasteiger partial charge >= 0.3 is 6.03 Å². The zero-order chi connectivity index (χ0) is 21.7. The molecule has 1 aromatic rings. The number of fused-ring (bicyclic) bond motifs is 1. The Labute approximate surface area is 174 Å². The van der Waals surface area contributed by atoms with Gasteiger partial charge in [-0.15, -0.1) is 13.2 Å². The third-order valence-electron chi connectivity index (χ3n) is 5.12. The van der Waals surface area contributed by atoms with Crippen LogP contribution in [0, 0.1) is 11.8 Å². The van der Waals surface area contributed by atoms with Crippen molar-refractivity contribution in [2.75, 3.05) is 13.1 Å². The highest BCUT2D eigenvalue weighted by molar-refractivity contribution is 6.06. The van der Waals surface area contributed by atoms with Crippen LogP contribution in [0.1, 0.15) is 5.56 Å². The number of amides is 4. The molecule has 2 aliphatic heterocycles. The summed E-state index contributed by atoms with van der Waals surface area (Å²) in [5, 5.41) is 5.08. The van der Waals surface area contributed by atoms with Gasteiger partial charge < -0.3 is 15.8 Å². The maximum atomic E-state index is 12.7. The van der Waals surface area contributed by atoms with Gasteiger partial charge in [-0.3, -0.25) is 24.8 Å². The van der Waals surface area contributed by atoms with Gasteiger partial charge in [-0.1, -0.05) is 42.5 Å². The summed E-state index contributed by atoms with van der Waals surface area (Å²) >= 11 is 0. The SMILES string of the molecule is C=CC1OC(C=C)C2C(=O)N(CCN=C(N)NC(=O)NCc3ccccc3)C(=O)C12. The lowest BCUT2D eigenvalue weighted by Crippen LogP contribution is -2.43. The number of aliphatic imine (C=N–C) groups is 1. The number of guanidine groups is 1. The number of likely N-dealkylation sites (tertiary alicyclic amines) is 1. The van der Waals surface area contributed by atoms with Crippen molar-refractivity contribution in [2.24, 2.45) is 22.6 Å². The maximum absolute atomic E-state index is 12.7. The van der Waals surface area contributed by atoms with Gasteiger partial charge in [0.15, 0.2) is 5.96 Å². The van der Waals surface area contributed by atoms with Gasteiger partial charge in [0.05, 0.1) is 30.6 Å². The second-order valence-electron chi connectivity index (χ2n) is 6.98. The summed E-state index contributed by atoms with van der Waals surface area (Å²) in [7, 11) is 0. The number of imide groups is 1. The summed E-state index contributed by atoms with van der Waals surface area (Å²) in [6.07, 6.45) is 2.01. The smallest absolute Gasteiger partial charge is 0.321 e. The molecule has 9 nitrogen and oxygen atoms in total. The summed E-state index contributed by atoms with van der Waals surface area (Å²) in [6, 6.07) is 8.91. The van der Waals surface area contributed by atoms with Crippen LogP contribution in [-0.4, -0.2) is 54.0 Å². The standard InChI is InChI=1S/C21H25N5O4/c1-3-14-16-17(15(4-2)30-14)19(28)26(18(16)27)11-10-23-20(22)25-21(29)24-12-13-8-6-5-7-9-13/h3-9,14-17H,1-2,10-12H2,(H4,22,23,24,25,29). The van der Waals surface area contributed by atoms with Crippen LogP contribution < -0.4 is 16.4 Å². The van der Waals surface area contributed by atoms with Crippen molar-refractivity contribution in [1.29, 1.82) is 0 Å². The van der Waals surface area contributed by atoms with Crippen LogP contribution in [0.4, 0.5) is 4.79 Å². The van der Waals surface area contributed by atoms with Gasteiger partial charge in [0.25, 0.3) is 0 Å². The Balaban J connectivity index is 1.50. The Hall–Kier alpha value is -3.46. The molecule has 4 atom stereocenters. The van der Waals surface area contributed by atoms with E-state index in [1.165, 1.54) is 12.2 Å². The first-order valence-electron chi connectivity index (χ1n) is 9.60. The van der Waals surface area contributed by atoms with Gasteiger partial charge in [0, 0.05) is 13.1 Å². The number of nitrogens with zero attached hydrogens (tertiary/aromatic N) is 2. The van der Waals surface area contributed by atoms with Gasteiger partial charge in [-0.25, -0.2) is 4.79 Å². The number of carbonyl (C=O) groups excluding carboxylic acids is 3. The molecule has 4 unspecified atom stereocenters. The number of ether oxygens (including phenoxy) is 1. The first-order chi connectivity index (χ1) is 14.5. The zero-order valence-corrected chi connectivity index (χ0v) is 16.5. The molecule has 0 saturated carbocycles. The molecule has 30 heavy (non-hydrogen) atoms. The molecule has 0 bridgehead atoms. The van der Waals surface area contributed by atoms with Crippen molar-refractivity contribution in [3.8, 4) is 0 Å². The molecule has 2 fully saturated rings. The Morgan fingerprint density at radius 2 is 1.73 bits per heavy atom. The fraction of sp³-hybridized carbons (Fsp3) is 0.333. The number of nitrogens with two attached hydrogens (primary N) is 1. The van der Waals surface area contributed by atoms with E-state index < -0.39 is 30.1 Å². The molecular formula is C21H25N5O4. The molecule has 4 N–H and O–H groups in total. The molecule has 0 radical (unpaired) electrons. The predicted octanol–water partition coefficient (Wildman–Crippen LogP) is 0.541. The van der Waals surface area contributed by atoms with Gasteiger partial charge in [0.1, 0.15) is 0 Å². The molecule has 158 valence electrons. The highest BCUT2D eigenvalue weighted by atomic mass is 16.5. The van der Waals surface area contributed by atoms with Gasteiger partial charge in [-0.2, -0.15) is 0 Å². The van der Waals surface area contributed by atoms with Crippen molar-refractivity contribution >= 4 is 23.8 Å². The summed E-state index contributed by atoms with van der Waals surface area (Å²) in [5.41, 5.74) is 6.66. The second-order valence-corrected chi connectivity index (χ2v) is 6.98. The van der Waals surface area contributed by atoms with Gasteiger partial charge in [-0.05, 0) is 5.56 Å². The number of hydrogen-bond donors (Lipinski definition) is 3. The lowest BCUT2D eigenvalue weighted by molar-refractivity contribution is -0.142. The molecule has 2 saturated heterocycles. The minimum absolute atomic E-state index is 0.0619. The summed E-state index contributed by atoms with van der Waals surface area (Å²) in [6.45, 7) is 7.83. The van der Waals surface area contributed by atoms with Crippen LogP contribution in [0.3, 0.4) is 0 Å². The summed E-state index contributed by atoms with van der Waals surface area (Å²) in [4.78, 5) is 42.4. The Kier molecular flexibility index (Phi) is 6.63. The van der Waals surface area contributed by atoms with E-state index in [9.17, 15) is 14.4 Å². The molecule has 0 aromatic heterocycles. The van der Waals surface area contributed by atoms with Crippen molar-refractivity contribution in [3.63, 3.8) is 0 Å². The topological polar surface area (TPSA) is 126 Å². The minimum atomic E-state index is -0.596.